The van der Waals surface area contributed by atoms with Crippen molar-refractivity contribution in [3.63, 3.8) is 0 Å². The van der Waals surface area contributed by atoms with Crippen LogP contribution in [0, 0.1) is 13.0 Å². The minimum atomic E-state index is -2.01. The monoisotopic (exact) mass is 428 g/mol. The fourth-order valence-corrected chi connectivity index (χ4v) is 4.49. The maximum absolute atomic E-state index is 9.97. The number of nitrogens with one attached hydrogen (secondary N) is 1. The molecule has 0 aliphatic rings. The summed E-state index contributed by atoms with van der Waals surface area (Å²) in [7, 11) is -2.01. The standard InChI is InChI=1S/C25H38NO3Si/c1-18-9-8-10-20(13-18)14-19(2)26-16-24(29-30(6,7)25(3,4)5)21-11-12-23(28)22(15-21)17-27/h8,10-13,15,19,24,26-28H,14,16-17H2,1-7H3/t19-,24+/m1/s1. The summed E-state index contributed by atoms with van der Waals surface area (Å²) in [6.07, 6.45) is 0.782. The molecule has 0 saturated heterocycles. The molecule has 1 radical (unpaired) electrons. The molecule has 0 unspecified atom stereocenters. The zero-order valence-electron chi connectivity index (χ0n) is 19.5. The minimum Gasteiger partial charge on any atom is -0.508 e. The third kappa shape index (κ3) is 6.67. The SMILES string of the molecule is Cc1[c]ccc(C[C@@H](C)NC[C@H](O[Si](C)(C)C(C)(C)C)c2ccc(O)c(CO)c2)c1. The first kappa shape index (κ1) is 24.6. The van der Waals surface area contributed by atoms with Crippen LogP contribution in [0.4, 0.5) is 0 Å². The summed E-state index contributed by atoms with van der Waals surface area (Å²) in [5.41, 5.74) is 3.95. The van der Waals surface area contributed by atoms with Crippen LogP contribution in [0.5, 0.6) is 5.75 Å². The van der Waals surface area contributed by atoms with Crippen LogP contribution < -0.4 is 5.32 Å². The molecule has 30 heavy (non-hydrogen) atoms. The minimum absolute atomic E-state index is 0.0889. The van der Waals surface area contributed by atoms with Crippen LogP contribution in [0.3, 0.4) is 0 Å². The predicted octanol–water partition coefficient (Wildman–Crippen LogP) is 5.28. The van der Waals surface area contributed by atoms with E-state index in [1.807, 2.05) is 18.2 Å². The molecule has 0 fully saturated rings. The second-order valence-corrected chi connectivity index (χ2v) is 14.6. The summed E-state index contributed by atoms with van der Waals surface area (Å²) in [5.74, 6) is 0.116. The van der Waals surface area contributed by atoms with Gasteiger partial charge in [-0.15, -0.1) is 0 Å². The van der Waals surface area contributed by atoms with Crippen molar-refractivity contribution in [2.45, 2.75) is 77.9 Å². The first-order chi connectivity index (χ1) is 13.9. The molecule has 2 aromatic carbocycles. The molecule has 4 nitrogen and oxygen atoms in total. The highest BCUT2D eigenvalue weighted by Crippen LogP contribution is 2.40. The van der Waals surface area contributed by atoms with Crippen molar-refractivity contribution in [1.29, 1.82) is 0 Å². The lowest BCUT2D eigenvalue weighted by molar-refractivity contribution is 0.176. The molecule has 0 saturated carbocycles. The molecule has 0 spiro atoms. The van der Waals surface area contributed by atoms with Gasteiger partial charge in [-0.3, -0.25) is 0 Å². The summed E-state index contributed by atoms with van der Waals surface area (Å²) >= 11 is 0. The second kappa shape index (κ2) is 10.1. The Kier molecular flexibility index (Phi) is 8.28. The molecule has 0 heterocycles. The average molecular weight is 429 g/mol. The third-order valence-electron chi connectivity index (χ3n) is 6.09. The Morgan fingerprint density at radius 2 is 1.87 bits per heavy atom. The van der Waals surface area contributed by atoms with E-state index in [-0.39, 0.29) is 29.5 Å². The largest absolute Gasteiger partial charge is 0.508 e. The summed E-state index contributed by atoms with van der Waals surface area (Å²) < 4.78 is 6.76. The Labute approximate surface area is 183 Å². The highest BCUT2D eigenvalue weighted by molar-refractivity contribution is 6.74. The van der Waals surface area contributed by atoms with Gasteiger partial charge in [0.15, 0.2) is 8.32 Å². The molecular formula is C25H38NO3Si. The smallest absolute Gasteiger partial charge is 0.192 e. The second-order valence-electron chi connectivity index (χ2n) is 9.81. The van der Waals surface area contributed by atoms with Crippen LogP contribution in [-0.4, -0.2) is 31.1 Å². The maximum atomic E-state index is 9.97. The van der Waals surface area contributed by atoms with Crippen molar-refractivity contribution in [2.24, 2.45) is 0 Å². The van der Waals surface area contributed by atoms with Gasteiger partial charge in [0.05, 0.1) is 12.7 Å². The third-order valence-corrected chi connectivity index (χ3v) is 10.6. The van der Waals surface area contributed by atoms with Crippen molar-refractivity contribution in [3.05, 3.63) is 64.7 Å². The van der Waals surface area contributed by atoms with Crippen LogP contribution in [0.25, 0.3) is 0 Å². The fourth-order valence-electron chi connectivity index (χ4n) is 3.20. The molecule has 0 bridgehead atoms. The van der Waals surface area contributed by atoms with Gasteiger partial charge in [-0.05, 0) is 73.3 Å². The van der Waals surface area contributed by atoms with E-state index >= 15 is 0 Å². The summed E-state index contributed by atoms with van der Waals surface area (Å²) in [6, 6.07) is 15.2. The predicted molar refractivity (Wildman–Crippen MR) is 126 cm³/mol. The van der Waals surface area contributed by atoms with Gasteiger partial charge in [0.1, 0.15) is 5.75 Å². The van der Waals surface area contributed by atoms with Gasteiger partial charge in [-0.1, -0.05) is 45.0 Å². The van der Waals surface area contributed by atoms with E-state index in [4.69, 9.17) is 4.43 Å². The molecule has 0 amide bonds. The zero-order valence-corrected chi connectivity index (χ0v) is 20.5. The number of aliphatic hydroxyl groups is 1. The van der Waals surface area contributed by atoms with E-state index in [0.717, 1.165) is 17.5 Å². The molecular weight excluding hydrogens is 390 g/mol. The van der Waals surface area contributed by atoms with Crippen LogP contribution in [0.1, 0.15) is 56.1 Å². The molecule has 0 aliphatic heterocycles. The molecule has 0 aliphatic carbocycles. The van der Waals surface area contributed by atoms with Crippen LogP contribution in [0.15, 0.2) is 36.4 Å². The first-order valence-electron chi connectivity index (χ1n) is 10.7. The maximum Gasteiger partial charge on any atom is 0.192 e. The van der Waals surface area contributed by atoms with E-state index in [9.17, 15) is 10.2 Å². The molecule has 2 aromatic rings. The molecule has 0 aromatic heterocycles. The van der Waals surface area contributed by atoms with Gasteiger partial charge in [0.25, 0.3) is 0 Å². The lowest BCUT2D eigenvalue weighted by Crippen LogP contribution is -2.44. The van der Waals surface area contributed by atoms with Gasteiger partial charge >= 0.3 is 0 Å². The van der Waals surface area contributed by atoms with Crippen LogP contribution >= 0.6 is 0 Å². The van der Waals surface area contributed by atoms with E-state index in [2.05, 4.69) is 71.2 Å². The molecule has 5 heteroatoms. The summed E-state index contributed by atoms with van der Waals surface area (Å²) in [6.45, 7) is 15.9. The van der Waals surface area contributed by atoms with Crippen LogP contribution in [-0.2, 0) is 17.5 Å². The highest BCUT2D eigenvalue weighted by Gasteiger charge is 2.39. The molecule has 2 atom stereocenters. The van der Waals surface area contributed by atoms with Gasteiger partial charge < -0.3 is 20.0 Å². The van der Waals surface area contributed by atoms with Gasteiger partial charge in [-0.25, -0.2) is 0 Å². The van der Waals surface area contributed by atoms with Gasteiger partial charge in [-0.2, -0.15) is 0 Å². The summed E-state index contributed by atoms with van der Waals surface area (Å²) in [5, 5.41) is 23.3. The van der Waals surface area contributed by atoms with E-state index in [0.29, 0.717) is 12.1 Å². The van der Waals surface area contributed by atoms with Gasteiger partial charge in [0.2, 0.25) is 0 Å². The number of hydrogen-bond donors (Lipinski definition) is 3. The van der Waals surface area contributed by atoms with E-state index < -0.39 is 8.32 Å². The number of aliphatic hydroxyl groups excluding tert-OH is 1. The summed E-state index contributed by atoms with van der Waals surface area (Å²) in [4.78, 5) is 0. The number of aromatic hydroxyl groups is 1. The average Bonchev–Trinajstić information content (AvgIpc) is 2.64. The number of rotatable bonds is 9. The van der Waals surface area contributed by atoms with Crippen molar-refractivity contribution in [2.75, 3.05) is 6.54 Å². The van der Waals surface area contributed by atoms with E-state index in [1.54, 1.807) is 6.07 Å². The Bertz CT molecular complexity index is 829. The van der Waals surface area contributed by atoms with Crippen LogP contribution in [0.2, 0.25) is 18.1 Å². The van der Waals surface area contributed by atoms with Crippen molar-refractivity contribution < 1.29 is 14.6 Å². The van der Waals surface area contributed by atoms with E-state index in [1.165, 1.54) is 5.56 Å². The Morgan fingerprint density at radius 1 is 1.17 bits per heavy atom. The first-order valence-corrected chi connectivity index (χ1v) is 13.6. The Hall–Kier alpha value is -1.66. The van der Waals surface area contributed by atoms with Crippen molar-refractivity contribution in [1.82, 2.24) is 5.32 Å². The Morgan fingerprint density at radius 3 is 2.47 bits per heavy atom. The van der Waals surface area contributed by atoms with Crippen molar-refractivity contribution >= 4 is 8.32 Å². The lowest BCUT2D eigenvalue weighted by Gasteiger charge is -2.40. The quantitative estimate of drug-likeness (QED) is 0.476. The Balaban J connectivity index is 2.18. The molecule has 165 valence electrons. The number of hydrogen-bond acceptors (Lipinski definition) is 4. The normalized spacial score (nSPS) is 14.5. The number of benzene rings is 2. The molecule has 2 rings (SSSR count). The fraction of sp³-hybridized carbons (Fsp3) is 0.520. The van der Waals surface area contributed by atoms with Crippen molar-refractivity contribution in [3.8, 4) is 5.75 Å². The van der Waals surface area contributed by atoms with Gasteiger partial charge in [0, 0.05) is 18.2 Å². The zero-order chi connectivity index (χ0) is 22.5. The highest BCUT2D eigenvalue weighted by atomic mass is 28.4. The molecule has 3 N–H and O–H groups in total. The lowest BCUT2D eigenvalue weighted by atomic mass is 10.0. The number of aryl methyl sites for hydroxylation is 1. The number of phenols is 1. The topological polar surface area (TPSA) is 61.7 Å².